The van der Waals surface area contributed by atoms with Gasteiger partial charge >= 0.3 is 0 Å². The lowest BCUT2D eigenvalue weighted by Gasteiger charge is -2.17. The number of aromatic nitrogens is 1. The van der Waals surface area contributed by atoms with E-state index in [1.54, 1.807) is 0 Å². The summed E-state index contributed by atoms with van der Waals surface area (Å²) >= 11 is 0. The standard InChI is InChI=1S/C27H29N3O2/c31-27(29-16-20-4-2-1-3-5-20)15-25-9-6-22(17-28-25)21-7-10-26(11-8-21)32-13-12-30-18-23-14-24(23)19-30/h1-11,17,23-24H,12-16,18-19H2,(H,29,31). The van der Waals surface area contributed by atoms with Gasteiger partial charge in [0, 0.05) is 43.6 Å². The highest BCUT2D eigenvalue weighted by Gasteiger charge is 2.44. The molecule has 2 fully saturated rings. The summed E-state index contributed by atoms with van der Waals surface area (Å²) in [5.41, 5.74) is 3.97. The fourth-order valence-corrected chi connectivity index (χ4v) is 4.44. The van der Waals surface area contributed by atoms with Crippen molar-refractivity contribution in [3.05, 3.63) is 84.2 Å². The number of carbonyl (C=O) groups is 1. The summed E-state index contributed by atoms with van der Waals surface area (Å²) < 4.78 is 5.92. The van der Waals surface area contributed by atoms with Crippen molar-refractivity contribution in [1.29, 1.82) is 0 Å². The molecule has 5 heteroatoms. The first kappa shape index (κ1) is 20.7. The van der Waals surface area contributed by atoms with Crippen LogP contribution in [0.4, 0.5) is 0 Å². The van der Waals surface area contributed by atoms with E-state index >= 15 is 0 Å². The lowest BCUT2D eigenvalue weighted by molar-refractivity contribution is -0.120. The quantitative estimate of drug-likeness (QED) is 0.562. The van der Waals surface area contributed by atoms with Gasteiger partial charge in [-0.15, -0.1) is 0 Å². The van der Waals surface area contributed by atoms with Gasteiger partial charge in [-0.1, -0.05) is 48.5 Å². The van der Waals surface area contributed by atoms with Gasteiger partial charge in [0.05, 0.1) is 6.42 Å². The van der Waals surface area contributed by atoms with Crippen LogP contribution in [0.25, 0.3) is 11.1 Å². The van der Waals surface area contributed by atoms with Crippen molar-refractivity contribution < 1.29 is 9.53 Å². The average Bonchev–Trinajstić information content (AvgIpc) is 3.45. The van der Waals surface area contributed by atoms with Crippen LogP contribution in [0, 0.1) is 11.8 Å². The number of rotatable bonds is 9. The van der Waals surface area contributed by atoms with Crippen molar-refractivity contribution in [3.63, 3.8) is 0 Å². The molecule has 0 radical (unpaired) electrons. The minimum atomic E-state index is -0.0263. The Hall–Kier alpha value is -3.18. The number of nitrogens with zero attached hydrogens (tertiary/aromatic N) is 2. The fourth-order valence-electron chi connectivity index (χ4n) is 4.44. The molecule has 0 spiro atoms. The number of benzene rings is 2. The molecule has 2 atom stereocenters. The van der Waals surface area contributed by atoms with Crippen LogP contribution in [0.1, 0.15) is 17.7 Å². The second-order valence-corrected chi connectivity index (χ2v) is 8.87. The first-order valence-corrected chi connectivity index (χ1v) is 11.4. The molecular weight excluding hydrogens is 398 g/mol. The summed E-state index contributed by atoms with van der Waals surface area (Å²) in [6, 6.07) is 22.0. The molecule has 1 N–H and O–H groups in total. The van der Waals surface area contributed by atoms with Crippen molar-refractivity contribution in [2.45, 2.75) is 19.4 Å². The minimum Gasteiger partial charge on any atom is -0.492 e. The lowest BCUT2D eigenvalue weighted by Crippen LogP contribution is -2.27. The van der Waals surface area contributed by atoms with Crippen LogP contribution in [0.2, 0.25) is 0 Å². The maximum Gasteiger partial charge on any atom is 0.226 e. The van der Waals surface area contributed by atoms with Gasteiger partial charge < -0.3 is 10.1 Å². The summed E-state index contributed by atoms with van der Waals surface area (Å²) in [5.74, 6) is 2.82. The zero-order chi connectivity index (χ0) is 21.8. The Labute approximate surface area is 189 Å². The molecule has 2 heterocycles. The molecule has 2 aromatic carbocycles. The zero-order valence-electron chi connectivity index (χ0n) is 18.2. The van der Waals surface area contributed by atoms with E-state index < -0.39 is 0 Å². The molecule has 3 aromatic rings. The predicted octanol–water partition coefficient (Wildman–Crippen LogP) is 3.94. The van der Waals surface area contributed by atoms with E-state index in [1.165, 1.54) is 19.5 Å². The number of pyridine rings is 1. The van der Waals surface area contributed by atoms with Gasteiger partial charge in [-0.05, 0) is 47.6 Å². The lowest BCUT2D eigenvalue weighted by atomic mass is 10.1. The summed E-state index contributed by atoms with van der Waals surface area (Å²) in [4.78, 5) is 19.2. The SMILES string of the molecule is O=C(Cc1ccc(-c2ccc(OCCN3CC4CC4C3)cc2)cn1)NCc1ccccc1. The van der Waals surface area contributed by atoms with Crippen molar-refractivity contribution in [2.24, 2.45) is 11.8 Å². The molecule has 5 rings (SSSR count). The molecule has 1 aromatic heterocycles. The molecule has 1 aliphatic heterocycles. The molecule has 1 saturated carbocycles. The van der Waals surface area contributed by atoms with Crippen LogP contribution >= 0.6 is 0 Å². The maximum atomic E-state index is 12.2. The van der Waals surface area contributed by atoms with E-state index in [4.69, 9.17) is 4.74 Å². The number of nitrogens with one attached hydrogen (secondary N) is 1. The number of hydrogen-bond donors (Lipinski definition) is 1. The van der Waals surface area contributed by atoms with Crippen molar-refractivity contribution >= 4 is 5.91 Å². The van der Waals surface area contributed by atoms with Crippen LogP contribution in [-0.2, 0) is 17.8 Å². The molecule has 32 heavy (non-hydrogen) atoms. The Bertz CT molecular complexity index is 1020. The highest BCUT2D eigenvalue weighted by Crippen LogP contribution is 2.44. The topological polar surface area (TPSA) is 54.5 Å². The van der Waals surface area contributed by atoms with Gasteiger partial charge in [-0.3, -0.25) is 14.7 Å². The summed E-state index contributed by atoms with van der Waals surface area (Å²) in [5, 5.41) is 2.94. The molecular formula is C27H29N3O2. The summed E-state index contributed by atoms with van der Waals surface area (Å²) in [7, 11) is 0. The highest BCUT2D eigenvalue weighted by molar-refractivity contribution is 5.78. The van der Waals surface area contributed by atoms with E-state index in [0.29, 0.717) is 6.54 Å². The van der Waals surface area contributed by atoms with Gasteiger partial charge in [-0.25, -0.2) is 0 Å². The Morgan fingerprint density at radius 3 is 2.44 bits per heavy atom. The van der Waals surface area contributed by atoms with E-state index in [0.717, 1.165) is 53.1 Å². The minimum absolute atomic E-state index is 0.0263. The normalized spacial score (nSPS) is 19.4. The van der Waals surface area contributed by atoms with Gasteiger partial charge in [0.15, 0.2) is 0 Å². The second-order valence-electron chi connectivity index (χ2n) is 8.87. The third kappa shape index (κ3) is 5.35. The third-order valence-electron chi connectivity index (χ3n) is 6.42. The van der Waals surface area contributed by atoms with Crippen molar-refractivity contribution in [3.8, 4) is 16.9 Å². The molecule has 2 aliphatic rings. The molecule has 2 unspecified atom stereocenters. The summed E-state index contributed by atoms with van der Waals surface area (Å²) in [6.45, 7) is 4.79. The number of likely N-dealkylation sites (tertiary alicyclic amines) is 1. The van der Waals surface area contributed by atoms with Crippen molar-refractivity contribution in [2.75, 3.05) is 26.2 Å². The van der Waals surface area contributed by atoms with Gasteiger partial charge in [-0.2, -0.15) is 0 Å². The van der Waals surface area contributed by atoms with Crippen molar-refractivity contribution in [1.82, 2.24) is 15.2 Å². The molecule has 1 amide bonds. The third-order valence-corrected chi connectivity index (χ3v) is 6.42. The Morgan fingerprint density at radius 1 is 0.969 bits per heavy atom. The summed E-state index contributed by atoms with van der Waals surface area (Å²) in [6.07, 6.45) is 3.54. The molecule has 0 bridgehead atoms. The number of carbonyl (C=O) groups excluding carboxylic acids is 1. The maximum absolute atomic E-state index is 12.2. The van der Waals surface area contributed by atoms with E-state index in [-0.39, 0.29) is 12.3 Å². The number of fused-ring (bicyclic) bond motifs is 1. The number of hydrogen-bond acceptors (Lipinski definition) is 4. The first-order valence-electron chi connectivity index (χ1n) is 11.4. The molecule has 1 saturated heterocycles. The van der Waals surface area contributed by atoms with Crippen LogP contribution < -0.4 is 10.1 Å². The largest absolute Gasteiger partial charge is 0.492 e. The van der Waals surface area contributed by atoms with Gasteiger partial charge in [0.25, 0.3) is 0 Å². The Balaban J connectivity index is 1.08. The number of piperidine rings is 1. The highest BCUT2D eigenvalue weighted by atomic mass is 16.5. The van der Waals surface area contributed by atoms with Crippen LogP contribution in [0.5, 0.6) is 5.75 Å². The average molecular weight is 428 g/mol. The molecule has 5 nitrogen and oxygen atoms in total. The van der Waals surface area contributed by atoms with Crippen LogP contribution in [-0.4, -0.2) is 42.0 Å². The van der Waals surface area contributed by atoms with Gasteiger partial charge in [0.2, 0.25) is 5.91 Å². The number of ether oxygens (including phenoxy) is 1. The Morgan fingerprint density at radius 2 is 1.72 bits per heavy atom. The van der Waals surface area contributed by atoms with Gasteiger partial charge in [0.1, 0.15) is 12.4 Å². The second kappa shape index (κ2) is 9.53. The van der Waals surface area contributed by atoms with Crippen LogP contribution in [0.3, 0.4) is 0 Å². The predicted molar refractivity (Wildman–Crippen MR) is 125 cm³/mol. The molecule has 1 aliphatic carbocycles. The van der Waals surface area contributed by atoms with E-state index in [1.807, 2.05) is 60.8 Å². The number of amides is 1. The Kier molecular flexibility index (Phi) is 6.17. The van der Waals surface area contributed by atoms with E-state index in [2.05, 4.69) is 27.3 Å². The smallest absolute Gasteiger partial charge is 0.226 e. The monoisotopic (exact) mass is 427 g/mol. The molecule has 164 valence electrons. The first-order chi connectivity index (χ1) is 15.7. The van der Waals surface area contributed by atoms with Crippen LogP contribution in [0.15, 0.2) is 72.9 Å². The van der Waals surface area contributed by atoms with E-state index in [9.17, 15) is 4.79 Å². The zero-order valence-corrected chi connectivity index (χ0v) is 18.2. The fraction of sp³-hybridized carbons (Fsp3) is 0.333.